The maximum Gasteiger partial charge on any atom is 0.236 e. The van der Waals surface area contributed by atoms with Gasteiger partial charge >= 0.3 is 0 Å². The summed E-state index contributed by atoms with van der Waals surface area (Å²) in [5.41, 5.74) is -0.517. The molecule has 2 aliphatic heterocycles. The van der Waals surface area contributed by atoms with E-state index in [2.05, 4.69) is 6.58 Å². The lowest BCUT2D eigenvalue weighted by molar-refractivity contribution is -0.149. The van der Waals surface area contributed by atoms with Crippen molar-refractivity contribution >= 4 is 11.8 Å². The third kappa shape index (κ3) is 2.02. The molecular weight excluding hydrogens is 218 g/mol. The summed E-state index contributed by atoms with van der Waals surface area (Å²) < 4.78 is 5.65. The first-order valence-electron chi connectivity index (χ1n) is 6.10. The average Bonchev–Trinajstić information content (AvgIpc) is 2.41. The minimum atomic E-state index is -0.517. The van der Waals surface area contributed by atoms with Gasteiger partial charge in [-0.05, 0) is 26.7 Å². The summed E-state index contributed by atoms with van der Waals surface area (Å²) in [6.45, 7) is 7.84. The van der Waals surface area contributed by atoms with Crippen molar-refractivity contribution < 1.29 is 14.3 Å². The molecule has 1 spiro atoms. The van der Waals surface area contributed by atoms with Crippen LogP contribution in [-0.4, -0.2) is 35.5 Å². The third-order valence-corrected chi connectivity index (χ3v) is 3.62. The Morgan fingerprint density at radius 1 is 1.41 bits per heavy atom. The zero-order chi connectivity index (χ0) is 12.6. The zero-order valence-electron chi connectivity index (χ0n) is 10.4. The Bertz CT molecular complexity index is 354. The number of hydrogen-bond acceptors (Lipinski definition) is 3. The Hall–Kier alpha value is -1.16. The Kier molecular flexibility index (Phi) is 3.08. The quantitative estimate of drug-likeness (QED) is 0.540. The fourth-order valence-electron chi connectivity index (χ4n) is 3.17. The number of imide groups is 1. The lowest BCUT2D eigenvalue weighted by atomic mass is 9.74. The highest BCUT2D eigenvalue weighted by molar-refractivity contribution is 6.06. The summed E-state index contributed by atoms with van der Waals surface area (Å²) in [6, 6.07) is 0. The van der Waals surface area contributed by atoms with Crippen molar-refractivity contribution in [1.29, 1.82) is 0 Å². The molecule has 0 aliphatic carbocycles. The van der Waals surface area contributed by atoms with Gasteiger partial charge in [-0.2, -0.15) is 0 Å². The molecule has 0 N–H and O–H groups in total. The second-order valence-electron chi connectivity index (χ2n) is 5.22. The van der Waals surface area contributed by atoms with Crippen molar-refractivity contribution in [1.82, 2.24) is 4.90 Å². The van der Waals surface area contributed by atoms with Gasteiger partial charge in [0.2, 0.25) is 11.8 Å². The van der Waals surface area contributed by atoms with E-state index in [9.17, 15) is 9.59 Å². The number of hydrogen-bond donors (Lipinski definition) is 0. The SMILES string of the molecule is C=CCN1C(=O)CC2(C[C@H](C)O[C@@H](C)C2)C1=O. The maximum absolute atomic E-state index is 12.4. The predicted molar refractivity (Wildman–Crippen MR) is 63.2 cm³/mol. The minimum Gasteiger partial charge on any atom is -0.375 e. The van der Waals surface area contributed by atoms with E-state index in [1.165, 1.54) is 4.90 Å². The molecule has 2 atom stereocenters. The summed E-state index contributed by atoms with van der Waals surface area (Å²) in [5.74, 6) is -0.111. The highest BCUT2D eigenvalue weighted by atomic mass is 16.5. The molecule has 2 heterocycles. The molecule has 0 saturated carbocycles. The van der Waals surface area contributed by atoms with Gasteiger partial charge in [0.15, 0.2) is 0 Å². The van der Waals surface area contributed by atoms with Gasteiger partial charge in [-0.15, -0.1) is 6.58 Å². The third-order valence-electron chi connectivity index (χ3n) is 3.62. The van der Waals surface area contributed by atoms with Crippen LogP contribution in [0.1, 0.15) is 33.1 Å². The predicted octanol–water partition coefficient (Wildman–Crippen LogP) is 1.51. The van der Waals surface area contributed by atoms with Crippen molar-refractivity contribution in [2.24, 2.45) is 5.41 Å². The highest BCUT2D eigenvalue weighted by Gasteiger charge is 2.54. The van der Waals surface area contributed by atoms with Gasteiger partial charge in [-0.3, -0.25) is 14.5 Å². The molecule has 94 valence electrons. The molecular formula is C13H19NO3. The maximum atomic E-state index is 12.4. The fourth-order valence-corrected chi connectivity index (χ4v) is 3.17. The summed E-state index contributed by atoms with van der Waals surface area (Å²) in [5, 5.41) is 0. The molecule has 4 nitrogen and oxygen atoms in total. The average molecular weight is 237 g/mol. The molecule has 2 aliphatic rings. The van der Waals surface area contributed by atoms with Gasteiger partial charge in [0.05, 0.1) is 17.6 Å². The van der Waals surface area contributed by atoms with Crippen LogP contribution in [0.25, 0.3) is 0 Å². The summed E-state index contributed by atoms with van der Waals surface area (Å²) in [7, 11) is 0. The van der Waals surface area contributed by atoms with Crippen LogP contribution in [0.4, 0.5) is 0 Å². The molecule has 0 unspecified atom stereocenters. The van der Waals surface area contributed by atoms with Gasteiger partial charge in [-0.1, -0.05) is 6.08 Å². The largest absolute Gasteiger partial charge is 0.375 e. The second-order valence-corrected chi connectivity index (χ2v) is 5.22. The molecule has 0 aromatic carbocycles. The number of ether oxygens (including phenoxy) is 1. The number of nitrogens with zero attached hydrogens (tertiary/aromatic N) is 1. The summed E-state index contributed by atoms with van der Waals surface area (Å²) in [6.07, 6.45) is 3.31. The molecule has 0 radical (unpaired) electrons. The van der Waals surface area contributed by atoms with E-state index >= 15 is 0 Å². The van der Waals surface area contributed by atoms with Crippen LogP contribution in [0.15, 0.2) is 12.7 Å². The first-order chi connectivity index (χ1) is 7.98. The van der Waals surface area contributed by atoms with E-state index in [4.69, 9.17) is 4.74 Å². The number of likely N-dealkylation sites (tertiary alicyclic amines) is 1. The Labute approximate surface area is 102 Å². The van der Waals surface area contributed by atoms with Gasteiger partial charge in [0.1, 0.15) is 0 Å². The first-order valence-corrected chi connectivity index (χ1v) is 6.10. The van der Waals surface area contributed by atoms with Crippen LogP contribution in [-0.2, 0) is 14.3 Å². The van der Waals surface area contributed by atoms with E-state index in [1.807, 2.05) is 13.8 Å². The molecule has 0 aromatic heterocycles. The van der Waals surface area contributed by atoms with Crippen molar-refractivity contribution in [3.8, 4) is 0 Å². The highest BCUT2D eigenvalue weighted by Crippen LogP contribution is 2.45. The monoisotopic (exact) mass is 237 g/mol. The van der Waals surface area contributed by atoms with Crippen LogP contribution >= 0.6 is 0 Å². The van der Waals surface area contributed by atoms with Crippen LogP contribution in [0.5, 0.6) is 0 Å². The summed E-state index contributed by atoms with van der Waals surface area (Å²) in [4.78, 5) is 25.6. The van der Waals surface area contributed by atoms with Crippen LogP contribution in [0.3, 0.4) is 0 Å². The minimum absolute atomic E-state index is 0.0376. The molecule has 17 heavy (non-hydrogen) atoms. The van der Waals surface area contributed by atoms with E-state index in [0.29, 0.717) is 25.8 Å². The van der Waals surface area contributed by atoms with E-state index in [-0.39, 0.29) is 24.0 Å². The molecule has 2 amide bonds. The van der Waals surface area contributed by atoms with Crippen LogP contribution in [0, 0.1) is 5.41 Å². The number of carbonyl (C=O) groups excluding carboxylic acids is 2. The Balaban J connectivity index is 2.24. The summed E-state index contributed by atoms with van der Waals surface area (Å²) >= 11 is 0. The molecule has 4 heteroatoms. The van der Waals surface area contributed by atoms with Gasteiger partial charge in [0, 0.05) is 13.0 Å². The van der Waals surface area contributed by atoms with Crippen molar-refractivity contribution in [3.63, 3.8) is 0 Å². The fraction of sp³-hybridized carbons (Fsp3) is 0.692. The lowest BCUT2D eigenvalue weighted by Crippen LogP contribution is -2.44. The standard InChI is InChI=1S/C13H19NO3/c1-4-5-14-11(15)8-13(12(14)16)6-9(2)17-10(3)7-13/h4,9-10H,1,5-8H2,2-3H3/t9-,10-/m0/s1. The lowest BCUT2D eigenvalue weighted by Gasteiger charge is -2.38. The van der Waals surface area contributed by atoms with Crippen LogP contribution in [0.2, 0.25) is 0 Å². The van der Waals surface area contributed by atoms with Crippen molar-refractivity contribution in [2.75, 3.05) is 6.54 Å². The normalized spacial score (nSPS) is 37.9. The molecule has 2 saturated heterocycles. The molecule has 2 rings (SSSR count). The van der Waals surface area contributed by atoms with Gasteiger partial charge in [0.25, 0.3) is 0 Å². The number of carbonyl (C=O) groups is 2. The van der Waals surface area contributed by atoms with Gasteiger partial charge < -0.3 is 4.74 Å². The van der Waals surface area contributed by atoms with E-state index in [1.54, 1.807) is 6.08 Å². The number of rotatable bonds is 2. The smallest absolute Gasteiger partial charge is 0.236 e. The molecule has 2 fully saturated rings. The molecule has 0 bridgehead atoms. The second kappa shape index (κ2) is 4.26. The van der Waals surface area contributed by atoms with Crippen molar-refractivity contribution in [2.45, 2.75) is 45.3 Å². The zero-order valence-corrected chi connectivity index (χ0v) is 10.4. The van der Waals surface area contributed by atoms with Crippen LogP contribution < -0.4 is 0 Å². The van der Waals surface area contributed by atoms with Gasteiger partial charge in [-0.25, -0.2) is 0 Å². The Morgan fingerprint density at radius 3 is 2.53 bits per heavy atom. The molecule has 0 aromatic rings. The van der Waals surface area contributed by atoms with Crippen molar-refractivity contribution in [3.05, 3.63) is 12.7 Å². The topological polar surface area (TPSA) is 46.6 Å². The van der Waals surface area contributed by atoms with E-state index in [0.717, 1.165) is 0 Å². The Morgan fingerprint density at radius 2 is 2.00 bits per heavy atom. The number of amides is 2. The van der Waals surface area contributed by atoms with E-state index < -0.39 is 5.41 Å². The first kappa shape index (κ1) is 12.3.